The van der Waals surface area contributed by atoms with E-state index in [9.17, 15) is 0 Å². The molecular formula is C18H14ClP. The second-order valence-corrected chi connectivity index (χ2v) is 7.05. The average molecular weight is 297 g/mol. The molecule has 0 aromatic heterocycles. The third-order valence-corrected chi connectivity index (χ3v) is 6.08. The Bertz CT molecular complexity index is 641. The van der Waals surface area contributed by atoms with Crippen LogP contribution in [0.25, 0.3) is 0 Å². The van der Waals surface area contributed by atoms with E-state index < -0.39 is 7.92 Å². The fraction of sp³-hybridized carbons (Fsp3) is 0. The highest BCUT2D eigenvalue weighted by Gasteiger charge is 2.17. The van der Waals surface area contributed by atoms with Crippen LogP contribution in [0.5, 0.6) is 0 Å². The highest BCUT2D eigenvalue weighted by molar-refractivity contribution is 7.80. The normalized spacial score (nSPS) is 10.7. The molecule has 98 valence electrons. The van der Waals surface area contributed by atoms with E-state index in [1.165, 1.54) is 15.9 Å². The van der Waals surface area contributed by atoms with E-state index in [0.29, 0.717) is 0 Å². The van der Waals surface area contributed by atoms with E-state index >= 15 is 0 Å². The largest absolute Gasteiger partial charge is 0.0836 e. The maximum atomic E-state index is 6.43. The third-order valence-electron chi connectivity index (χ3n) is 3.12. The first-order valence-corrected chi connectivity index (χ1v) is 8.23. The zero-order valence-corrected chi connectivity index (χ0v) is 12.6. The highest BCUT2D eigenvalue weighted by Crippen LogP contribution is 2.35. The highest BCUT2D eigenvalue weighted by atomic mass is 35.5. The molecule has 2 heteroatoms. The van der Waals surface area contributed by atoms with Gasteiger partial charge in [-0.1, -0.05) is 90.5 Å². The minimum Gasteiger partial charge on any atom is -0.0836 e. The first-order valence-electron chi connectivity index (χ1n) is 6.51. The first-order chi connectivity index (χ1) is 9.86. The first kappa shape index (κ1) is 13.4. The summed E-state index contributed by atoms with van der Waals surface area (Å²) in [5.41, 5.74) is 0. The van der Waals surface area contributed by atoms with Gasteiger partial charge >= 0.3 is 0 Å². The van der Waals surface area contributed by atoms with Gasteiger partial charge < -0.3 is 0 Å². The topological polar surface area (TPSA) is 0 Å². The summed E-state index contributed by atoms with van der Waals surface area (Å²) >= 11 is 6.43. The van der Waals surface area contributed by atoms with Gasteiger partial charge in [-0.05, 0) is 24.6 Å². The molecule has 0 saturated heterocycles. The van der Waals surface area contributed by atoms with Crippen LogP contribution in [0.15, 0.2) is 84.9 Å². The molecule has 0 atom stereocenters. The molecule has 0 nitrogen and oxygen atoms in total. The van der Waals surface area contributed by atoms with E-state index in [-0.39, 0.29) is 0 Å². The molecule has 0 spiro atoms. The summed E-state index contributed by atoms with van der Waals surface area (Å²) in [7, 11) is -0.599. The molecule has 3 aromatic rings. The Hall–Kier alpha value is -1.62. The predicted octanol–water partition coefficient (Wildman–Crippen LogP) is 4.10. The van der Waals surface area contributed by atoms with Crippen molar-refractivity contribution >= 4 is 35.4 Å². The van der Waals surface area contributed by atoms with Gasteiger partial charge in [-0.3, -0.25) is 0 Å². The van der Waals surface area contributed by atoms with Gasteiger partial charge in [0.05, 0.1) is 0 Å². The van der Waals surface area contributed by atoms with Crippen molar-refractivity contribution in [2.45, 2.75) is 0 Å². The van der Waals surface area contributed by atoms with E-state index in [0.717, 1.165) is 5.02 Å². The molecule has 3 aromatic carbocycles. The monoisotopic (exact) mass is 296 g/mol. The zero-order valence-electron chi connectivity index (χ0n) is 10.9. The molecule has 0 fully saturated rings. The standard InChI is InChI=1S/C18H14ClP/c19-17-13-7-8-14-18(17)20(15-9-3-1-4-10-15)16-11-5-2-6-12-16/h1-14H. The van der Waals surface area contributed by atoms with Gasteiger partial charge in [-0.25, -0.2) is 0 Å². The van der Waals surface area contributed by atoms with Gasteiger partial charge in [0.25, 0.3) is 0 Å². The maximum absolute atomic E-state index is 6.43. The summed E-state index contributed by atoms with van der Waals surface area (Å²) in [6.45, 7) is 0. The van der Waals surface area contributed by atoms with Crippen molar-refractivity contribution in [2.24, 2.45) is 0 Å². The average Bonchev–Trinajstić information content (AvgIpc) is 2.52. The summed E-state index contributed by atoms with van der Waals surface area (Å²) in [5.74, 6) is 0. The summed E-state index contributed by atoms with van der Waals surface area (Å²) in [6.07, 6.45) is 0. The molecule has 0 unspecified atom stereocenters. The van der Waals surface area contributed by atoms with E-state index in [2.05, 4.69) is 72.8 Å². The second kappa shape index (κ2) is 6.22. The van der Waals surface area contributed by atoms with Crippen LogP contribution < -0.4 is 15.9 Å². The molecule has 0 aliphatic carbocycles. The number of halogens is 1. The van der Waals surface area contributed by atoms with Gasteiger partial charge in [-0.2, -0.15) is 0 Å². The molecule has 20 heavy (non-hydrogen) atoms. The second-order valence-electron chi connectivity index (χ2n) is 4.46. The lowest BCUT2D eigenvalue weighted by atomic mass is 10.3. The molecule has 3 rings (SSSR count). The fourth-order valence-corrected chi connectivity index (χ4v) is 4.92. The third kappa shape index (κ3) is 2.77. The predicted molar refractivity (Wildman–Crippen MR) is 90.2 cm³/mol. The van der Waals surface area contributed by atoms with Crippen molar-refractivity contribution in [1.82, 2.24) is 0 Å². The van der Waals surface area contributed by atoms with Crippen LogP contribution in [0.4, 0.5) is 0 Å². The van der Waals surface area contributed by atoms with Crippen LogP contribution in [-0.4, -0.2) is 0 Å². The Morgan fingerprint density at radius 2 is 1.00 bits per heavy atom. The Morgan fingerprint density at radius 1 is 0.550 bits per heavy atom. The Balaban J connectivity index is 2.17. The number of rotatable bonds is 3. The van der Waals surface area contributed by atoms with Crippen LogP contribution in [0.3, 0.4) is 0 Å². The van der Waals surface area contributed by atoms with Crippen molar-refractivity contribution < 1.29 is 0 Å². The van der Waals surface area contributed by atoms with Crippen LogP contribution in [-0.2, 0) is 0 Å². The van der Waals surface area contributed by atoms with Gasteiger partial charge in [0.1, 0.15) is 0 Å². The summed E-state index contributed by atoms with van der Waals surface area (Å²) < 4.78 is 0. The summed E-state index contributed by atoms with van der Waals surface area (Å²) in [6, 6.07) is 29.3. The smallest absolute Gasteiger partial charge is 0.0489 e. The Kier molecular flexibility index (Phi) is 4.16. The Morgan fingerprint density at radius 3 is 1.50 bits per heavy atom. The van der Waals surface area contributed by atoms with Crippen LogP contribution in [0.1, 0.15) is 0 Å². The van der Waals surface area contributed by atoms with Crippen LogP contribution in [0.2, 0.25) is 5.02 Å². The quantitative estimate of drug-likeness (QED) is 0.638. The molecule has 0 radical (unpaired) electrons. The summed E-state index contributed by atoms with van der Waals surface area (Å²) in [5, 5.41) is 4.69. The van der Waals surface area contributed by atoms with Crippen LogP contribution >= 0.6 is 19.5 Å². The van der Waals surface area contributed by atoms with Crippen molar-refractivity contribution in [2.75, 3.05) is 0 Å². The molecular weight excluding hydrogens is 283 g/mol. The van der Waals surface area contributed by atoms with Crippen molar-refractivity contribution in [1.29, 1.82) is 0 Å². The lowest BCUT2D eigenvalue weighted by Gasteiger charge is -2.20. The zero-order chi connectivity index (χ0) is 13.8. The number of hydrogen-bond donors (Lipinski definition) is 0. The Labute approximate surface area is 125 Å². The van der Waals surface area contributed by atoms with Gasteiger partial charge in [-0.15, -0.1) is 0 Å². The molecule has 0 aliphatic rings. The molecule has 0 heterocycles. The molecule has 0 saturated carbocycles. The van der Waals surface area contributed by atoms with E-state index in [4.69, 9.17) is 11.6 Å². The van der Waals surface area contributed by atoms with Gasteiger partial charge in [0.15, 0.2) is 0 Å². The number of benzene rings is 3. The lowest BCUT2D eigenvalue weighted by molar-refractivity contribution is 1.73. The lowest BCUT2D eigenvalue weighted by Crippen LogP contribution is -2.21. The minimum atomic E-state index is -0.599. The van der Waals surface area contributed by atoms with Crippen molar-refractivity contribution in [3.05, 3.63) is 90.0 Å². The van der Waals surface area contributed by atoms with Crippen molar-refractivity contribution in [3.8, 4) is 0 Å². The SMILES string of the molecule is Clc1ccccc1P(c1ccccc1)c1ccccc1. The molecule has 0 aliphatic heterocycles. The van der Waals surface area contributed by atoms with E-state index in [1.807, 2.05) is 12.1 Å². The molecule has 0 amide bonds. The molecule has 0 N–H and O–H groups in total. The minimum absolute atomic E-state index is 0.599. The van der Waals surface area contributed by atoms with E-state index in [1.54, 1.807) is 0 Å². The number of hydrogen-bond acceptors (Lipinski definition) is 0. The molecule has 0 bridgehead atoms. The van der Waals surface area contributed by atoms with Gasteiger partial charge in [0, 0.05) is 10.3 Å². The van der Waals surface area contributed by atoms with Crippen LogP contribution in [0, 0.1) is 0 Å². The van der Waals surface area contributed by atoms with Crippen molar-refractivity contribution in [3.63, 3.8) is 0 Å². The van der Waals surface area contributed by atoms with Gasteiger partial charge in [0.2, 0.25) is 0 Å². The maximum Gasteiger partial charge on any atom is 0.0489 e. The summed E-state index contributed by atoms with van der Waals surface area (Å²) in [4.78, 5) is 0. The fourth-order valence-electron chi connectivity index (χ4n) is 2.21.